The van der Waals surface area contributed by atoms with Crippen LogP contribution in [0.15, 0.2) is 0 Å². The summed E-state index contributed by atoms with van der Waals surface area (Å²) in [6, 6.07) is -0.673. The minimum Gasteiger partial charge on any atom is -0.354 e. The van der Waals surface area contributed by atoms with Crippen molar-refractivity contribution in [2.45, 2.75) is 33.0 Å². The fourth-order valence-electron chi connectivity index (χ4n) is 1.10. The number of carbonyl (C=O) groups excluding carboxylic acids is 1. The van der Waals surface area contributed by atoms with Crippen LogP contribution in [0.2, 0.25) is 0 Å². The van der Waals surface area contributed by atoms with Gasteiger partial charge < -0.3 is 10.6 Å². The van der Waals surface area contributed by atoms with Crippen LogP contribution in [0.4, 0.5) is 18.3 Å². The maximum atomic E-state index is 12.3. The Bertz CT molecular complexity index is 433. The molecule has 108 valence electrons. The highest BCUT2D eigenvalue weighted by Crippen LogP contribution is 2.33. The fourth-order valence-corrected chi connectivity index (χ4v) is 1.80. The molecule has 0 fully saturated rings. The second-order valence-electron chi connectivity index (χ2n) is 4.42. The number of nitrogens with one attached hydrogen (secondary N) is 2. The number of hydrogen-bond acceptors (Lipinski definition) is 5. The van der Waals surface area contributed by atoms with Crippen LogP contribution in [0.5, 0.6) is 0 Å². The normalized spacial score (nSPS) is 13.4. The Hall–Kier alpha value is -1.38. The smallest absolute Gasteiger partial charge is 0.354 e. The zero-order valence-electron chi connectivity index (χ0n) is 10.7. The molecule has 1 unspecified atom stereocenters. The van der Waals surface area contributed by atoms with Crippen molar-refractivity contribution in [2.24, 2.45) is 5.92 Å². The van der Waals surface area contributed by atoms with E-state index in [1.54, 1.807) is 6.92 Å². The molecule has 0 spiro atoms. The molecule has 0 saturated carbocycles. The minimum absolute atomic E-state index is 0.0282. The zero-order valence-corrected chi connectivity index (χ0v) is 11.5. The molecule has 19 heavy (non-hydrogen) atoms. The van der Waals surface area contributed by atoms with Crippen LogP contribution >= 0.6 is 11.3 Å². The number of alkyl halides is 3. The quantitative estimate of drug-likeness (QED) is 0.873. The van der Waals surface area contributed by atoms with Crippen LogP contribution in [0.3, 0.4) is 0 Å². The molecule has 0 saturated heterocycles. The summed E-state index contributed by atoms with van der Waals surface area (Å²) in [5.74, 6) is 0.00645. The highest BCUT2D eigenvalue weighted by Gasteiger charge is 2.35. The second-order valence-corrected chi connectivity index (χ2v) is 5.39. The number of halogens is 3. The van der Waals surface area contributed by atoms with Crippen LogP contribution in [0.25, 0.3) is 0 Å². The molecule has 0 bridgehead atoms. The first-order valence-electron chi connectivity index (χ1n) is 5.65. The van der Waals surface area contributed by atoms with Crippen LogP contribution < -0.4 is 10.6 Å². The number of carbonyl (C=O) groups is 1. The van der Waals surface area contributed by atoms with E-state index in [0.717, 1.165) is 0 Å². The van der Waals surface area contributed by atoms with E-state index in [1.807, 2.05) is 13.8 Å². The molecule has 0 aliphatic heterocycles. The maximum absolute atomic E-state index is 12.3. The van der Waals surface area contributed by atoms with Gasteiger partial charge in [-0.05, 0) is 12.8 Å². The molecular formula is C10H15F3N4OS. The molecule has 9 heteroatoms. The molecule has 0 aliphatic rings. The summed E-state index contributed by atoms with van der Waals surface area (Å²) in [6.07, 6.45) is -4.51. The predicted octanol–water partition coefficient (Wildman–Crippen LogP) is 2.13. The second kappa shape index (κ2) is 6.18. The molecule has 5 nitrogen and oxygen atoms in total. The summed E-state index contributed by atoms with van der Waals surface area (Å²) in [5.41, 5.74) is 0. The summed E-state index contributed by atoms with van der Waals surface area (Å²) >= 11 is 0.372. The first-order chi connectivity index (χ1) is 8.70. The maximum Gasteiger partial charge on any atom is 0.445 e. The highest BCUT2D eigenvalue weighted by atomic mass is 32.1. The van der Waals surface area contributed by atoms with Crippen molar-refractivity contribution < 1.29 is 18.0 Å². The van der Waals surface area contributed by atoms with Crippen molar-refractivity contribution in [3.63, 3.8) is 0 Å². The van der Waals surface area contributed by atoms with Gasteiger partial charge in [0.15, 0.2) is 0 Å². The molecule has 1 atom stereocenters. The van der Waals surface area contributed by atoms with E-state index in [0.29, 0.717) is 23.8 Å². The van der Waals surface area contributed by atoms with E-state index >= 15 is 0 Å². The number of amides is 1. The monoisotopic (exact) mass is 296 g/mol. The van der Waals surface area contributed by atoms with Crippen LogP contribution in [0, 0.1) is 5.92 Å². The molecule has 1 heterocycles. The average molecular weight is 296 g/mol. The summed E-state index contributed by atoms with van der Waals surface area (Å²) in [6.45, 7) is 5.94. The molecule has 2 N–H and O–H groups in total. The van der Waals surface area contributed by atoms with Gasteiger partial charge in [-0.2, -0.15) is 13.2 Å². The minimum atomic E-state index is -4.51. The Morgan fingerprint density at radius 1 is 1.32 bits per heavy atom. The molecule has 0 aromatic carbocycles. The topological polar surface area (TPSA) is 66.9 Å². The third kappa shape index (κ3) is 5.01. The number of aromatic nitrogens is 2. The van der Waals surface area contributed by atoms with Crippen molar-refractivity contribution in [1.82, 2.24) is 15.5 Å². The van der Waals surface area contributed by atoms with Crippen LogP contribution in [-0.4, -0.2) is 28.7 Å². The first kappa shape index (κ1) is 15.7. The van der Waals surface area contributed by atoms with Gasteiger partial charge in [0.25, 0.3) is 0 Å². The Labute approximate surface area is 112 Å². The van der Waals surface area contributed by atoms with Crippen molar-refractivity contribution in [1.29, 1.82) is 0 Å². The Balaban J connectivity index is 2.55. The van der Waals surface area contributed by atoms with Crippen molar-refractivity contribution in [3.05, 3.63) is 5.01 Å². The number of hydrogen-bond donors (Lipinski definition) is 2. The largest absolute Gasteiger partial charge is 0.445 e. The average Bonchev–Trinajstić information content (AvgIpc) is 2.73. The summed E-state index contributed by atoms with van der Waals surface area (Å²) in [4.78, 5) is 11.6. The number of rotatable bonds is 5. The Morgan fingerprint density at radius 3 is 2.42 bits per heavy atom. The lowest BCUT2D eigenvalue weighted by Crippen LogP contribution is -2.39. The Kier molecular flexibility index (Phi) is 5.10. The number of nitrogens with zero attached hydrogens (tertiary/aromatic N) is 2. The van der Waals surface area contributed by atoms with E-state index < -0.39 is 17.2 Å². The standard InChI is InChI=1S/C10H15F3N4OS/c1-5(2)4-14-7(18)6(3)15-9-17-16-8(19-9)10(11,12)13/h5-6H,4H2,1-3H3,(H,14,18)(H,15,17). The lowest BCUT2D eigenvalue weighted by Gasteiger charge is -2.13. The van der Waals surface area contributed by atoms with E-state index in [9.17, 15) is 18.0 Å². The summed E-state index contributed by atoms with van der Waals surface area (Å²) < 4.78 is 36.9. The molecule has 1 aromatic rings. The highest BCUT2D eigenvalue weighted by molar-refractivity contribution is 7.15. The molecule has 0 radical (unpaired) electrons. The van der Waals surface area contributed by atoms with Crippen molar-refractivity contribution in [2.75, 3.05) is 11.9 Å². The van der Waals surface area contributed by atoms with Gasteiger partial charge in [0.1, 0.15) is 6.04 Å². The number of anilines is 1. The third-order valence-corrected chi connectivity index (χ3v) is 2.98. The molecular weight excluding hydrogens is 281 g/mol. The van der Waals surface area contributed by atoms with Gasteiger partial charge in [0, 0.05) is 6.54 Å². The third-order valence-electron chi connectivity index (χ3n) is 2.09. The lowest BCUT2D eigenvalue weighted by atomic mass is 10.2. The molecule has 1 aromatic heterocycles. The summed E-state index contributed by atoms with van der Waals surface area (Å²) in [7, 11) is 0. The van der Waals surface area contributed by atoms with Crippen LogP contribution in [0.1, 0.15) is 25.8 Å². The van der Waals surface area contributed by atoms with Crippen molar-refractivity contribution >= 4 is 22.4 Å². The van der Waals surface area contributed by atoms with E-state index in [1.165, 1.54) is 0 Å². The van der Waals surface area contributed by atoms with Gasteiger partial charge in [-0.15, -0.1) is 10.2 Å². The molecule has 1 rings (SSSR count). The Morgan fingerprint density at radius 2 is 1.95 bits per heavy atom. The lowest BCUT2D eigenvalue weighted by molar-refractivity contribution is -0.138. The van der Waals surface area contributed by atoms with Gasteiger partial charge >= 0.3 is 6.18 Å². The van der Waals surface area contributed by atoms with Gasteiger partial charge in [0.05, 0.1) is 0 Å². The van der Waals surface area contributed by atoms with E-state index in [2.05, 4.69) is 20.8 Å². The van der Waals surface area contributed by atoms with Gasteiger partial charge in [-0.3, -0.25) is 4.79 Å². The fraction of sp³-hybridized carbons (Fsp3) is 0.700. The van der Waals surface area contributed by atoms with Gasteiger partial charge in [0.2, 0.25) is 16.0 Å². The van der Waals surface area contributed by atoms with Crippen molar-refractivity contribution in [3.8, 4) is 0 Å². The zero-order chi connectivity index (χ0) is 14.6. The van der Waals surface area contributed by atoms with Gasteiger partial charge in [-0.1, -0.05) is 25.2 Å². The van der Waals surface area contributed by atoms with E-state index in [-0.39, 0.29) is 11.0 Å². The SMILES string of the molecule is CC(C)CNC(=O)C(C)Nc1nnc(C(F)(F)F)s1. The van der Waals surface area contributed by atoms with E-state index in [4.69, 9.17) is 0 Å². The summed E-state index contributed by atoms with van der Waals surface area (Å²) in [5, 5.41) is 10.6. The van der Waals surface area contributed by atoms with Gasteiger partial charge in [-0.25, -0.2) is 0 Å². The van der Waals surface area contributed by atoms with Crippen LogP contribution in [-0.2, 0) is 11.0 Å². The molecule has 0 aliphatic carbocycles. The molecule has 1 amide bonds. The first-order valence-corrected chi connectivity index (χ1v) is 6.46. The predicted molar refractivity (Wildman–Crippen MR) is 65.8 cm³/mol.